The van der Waals surface area contributed by atoms with Gasteiger partial charge in [-0.3, -0.25) is 14.5 Å². The molecule has 1 heterocycles. The van der Waals surface area contributed by atoms with Crippen LogP contribution in [0.2, 0.25) is 0 Å². The van der Waals surface area contributed by atoms with Crippen molar-refractivity contribution in [3.05, 3.63) is 29.8 Å². The highest BCUT2D eigenvalue weighted by atomic mass is 16.2. The molecule has 0 spiro atoms. The van der Waals surface area contributed by atoms with Crippen LogP contribution in [0.1, 0.15) is 30.1 Å². The smallest absolute Gasteiger partial charge is 0.238 e. The maximum Gasteiger partial charge on any atom is 0.238 e. The maximum absolute atomic E-state index is 12.1. The van der Waals surface area contributed by atoms with E-state index in [1.807, 2.05) is 0 Å². The molecule has 1 saturated heterocycles. The summed E-state index contributed by atoms with van der Waals surface area (Å²) in [4.78, 5) is 25.6. The van der Waals surface area contributed by atoms with E-state index in [1.165, 1.54) is 6.92 Å². The average Bonchev–Trinajstić information content (AvgIpc) is 2.38. The van der Waals surface area contributed by atoms with Crippen molar-refractivity contribution >= 4 is 17.4 Å². The summed E-state index contributed by atoms with van der Waals surface area (Å²) >= 11 is 0. The largest absolute Gasteiger partial charge is 0.327 e. The molecular formula is C15H21N3O2. The molecule has 0 bridgehead atoms. The van der Waals surface area contributed by atoms with Crippen molar-refractivity contribution < 1.29 is 9.59 Å². The second-order valence-corrected chi connectivity index (χ2v) is 5.29. The van der Waals surface area contributed by atoms with Gasteiger partial charge in [0.15, 0.2) is 5.78 Å². The molecule has 108 valence electrons. The third-order valence-electron chi connectivity index (χ3n) is 3.49. The molecule has 5 nitrogen and oxygen atoms in total. The summed E-state index contributed by atoms with van der Waals surface area (Å²) in [5, 5.41) is 2.81. The molecule has 0 aromatic heterocycles. The number of carbonyl (C=O) groups excluding carboxylic acids is 2. The summed E-state index contributed by atoms with van der Waals surface area (Å²) < 4.78 is 0. The van der Waals surface area contributed by atoms with Gasteiger partial charge in [-0.2, -0.15) is 0 Å². The normalized spacial score (nSPS) is 19.6. The maximum atomic E-state index is 12.1. The number of hydrogen-bond donors (Lipinski definition) is 2. The fourth-order valence-corrected chi connectivity index (χ4v) is 2.53. The van der Waals surface area contributed by atoms with E-state index in [0.717, 1.165) is 25.9 Å². The highest BCUT2D eigenvalue weighted by molar-refractivity contribution is 6.04. The Kier molecular flexibility index (Phi) is 4.87. The number of para-hydroxylation sites is 1. The number of likely N-dealkylation sites (tertiary alicyclic amines) is 1. The van der Waals surface area contributed by atoms with Crippen LogP contribution in [0.3, 0.4) is 0 Å². The number of ketones is 1. The molecule has 3 N–H and O–H groups in total. The van der Waals surface area contributed by atoms with Gasteiger partial charge in [0.1, 0.15) is 0 Å². The van der Waals surface area contributed by atoms with Gasteiger partial charge in [-0.05, 0) is 38.4 Å². The molecule has 1 aromatic carbocycles. The summed E-state index contributed by atoms with van der Waals surface area (Å²) in [5.74, 6) is -0.159. The van der Waals surface area contributed by atoms with E-state index in [-0.39, 0.29) is 17.7 Å². The third-order valence-corrected chi connectivity index (χ3v) is 3.49. The second-order valence-electron chi connectivity index (χ2n) is 5.29. The first kappa shape index (κ1) is 14.7. The zero-order chi connectivity index (χ0) is 14.5. The molecule has 20 heavy (non-hydrogen) atoms. The van der Waals surface area contributed by atoms with Gasteiger partial charge < -0.3 is 11.1 Å². The highest BCUT2D eigenvalue weighted by Gasteiger charge is 2.19. The van der Waals surface area contributed by atoms with Crippen molar-refractivity contribution in [1.82, 2.24) is 4.90 Å². The first-order chi connectivity index (χ1) is 9.56. The Bertz CT molecular complexity index is 502. The van der Waals surface area contributed by atoms with Crippen molar-refractivity contribution in [2.45, 2.75) is 25.8 Å². The van der Waals surface area contributed by atoms with Gasteiger partial charge in [0.2, 0.25) is 5.91 Å². The van der Waals surface area contributed by atoms with Gasteiger partial charge in [-0.25, -0.2) is 0 Å². The predicted molar refractivity (Wildman–Crippen MR) is 78.7 cm³/mol. The quantitative estimate of drug-likeness (QED) is 0.811. The number of benzene rings is 1. The molecule has 1 unspecified atom stereocenters. The Hall–Kier alpha value is -1.72. The van der Waals surface area contributed by atoms with Crippen molar-refractivity contribution in [2.75, 3.05) is 25.0 Å². The molecule has 2 rings (SSSR count). The van der Waals surface area contributed by atoms with Crippen molar-refractivity contribution in [1.29, 1.82) is 0 Å². The fraction of sp³-hybridized carbons (Fsp3) is 0.467. The second kappa shape index (κ2) is 6.63. The molecule has 1 fully saturated rings. The first-order valence-electron chi connectivity index (χ1n) is 6.94. The van der Waals surface area contributed by atoms with E-state index in [9.17, 15) is 9.59 Å². The molecular weight excluding hydrogens is 254 g/mol. The predicted octanol–water partition coefficient (Wildman–Crippen LogP) is 1.25. The minimum Gasteiger partial charge on any atom is -0.327 e. The topological polar surface area (TPSA) is 75.4 Å². The molecule has 0 saturated carbocycles. The summed E-state index contributed by atoms with van der Waals surface area (Å²) in [6.45, 7) is 3.46. The van der Waals surface area contributed by atoms with Crippen LogP contribution in [-0.2, 0) is 4.79 Å². The number of hydrogen-bond acceptors (Lipinski definition) is 4. The van der Waals surface area contributed by atoms with Crippen LogP contribution in [0.15, 0.2) is 24.3 Å². The number of nitrogens with two attached hydrogens (primary N) is 1. The highest BCUT2D eigenvalue weighted by Crippen LogP contribution is 2.16. The lowest BCUT2D eigenvalue weighted by atomic mass is 10.1. The number of amides is 1. The molecule has 0 radical (unpaired) electrons. The molecule has 1 aliphatic rings. The number of nitrogens with zero attached hydrogens (tertiary/aromatic N) is 1. The van der Waals surface area contributed by atoms with Gasteiger partial charge in [0, 0.05) is 18.2 Å². The van der Waals surface area contributed by atoms with Crippen LogP contribution in [-0.4, -0.2) is 42.3 Å². The van der Waals surface area contributed by atoms with Crippen molar-refractivity contribution in [2.24, 2.45) is 5.73 Å². The molecule has 1 atom stereocenters. The Labute approximate surface area is 119 Å². The monoisotopic (exact) mass is 275 g/mol. The van der Waals surface area contributed by atoms with Crippen LogP contribution in [0.5, 0.6) is 0 Å². The van der Waals surface area contributed by atoms with Crippen LogP contribution >= 0.6 is 0 Å². The van der Waals surface area contributed by atoms with Gasteiger partial charge in [0.25, 0.3) is 0 Å². The summed E-state index contributed by atoms with van der Waals surface area (Å²) in [7, 11) is 0. The number of anilines is 1. The van der Waals surface area contributed by atoms with Crippen LogP contribution in [0, 0.1) is 0 Å². The van der Waals surface area contributed by atoms with E-state index >= 15 is 0 Å². The van der Waals surface area contributed by atoms with E-state index < -0.39 is 0 Å². The summed E-state index contributed by atoms with van der Waals surface area (Å²) in [6.07, 6.45) is 2.05. The van der Waals surface area contributed by atoms with Crippen molar-refractivity contribution in [3.63, 3.8) is 0 Å². The summed E-state index contributed by atoms with van der Waals surface area (Å²) in [5.41, 5.74) is 7.01. The van der Waals surface area contributed by atoms with Gasteiger partial charge in [-0.1, -0.05) is 12.1 Å². The van der Waals surface area contributed by atoms with E-state index in [1.54, 1.807) is 24.3 Å². The Morgan fingerprint density at radius 1 is 1.40 bits per heavy atom. The molecule has 1 amide bonds. The molecule has 1 aliphatic heterocycles. The number of nitrogens with one attached hydrogen (secondary N) is 1. The average molecular weight is 275 g/mol. The van der Waals surface area contributed by atoms with Gasteiger partial charge in [-0.15, -0.1) is 0 Å². The van der Waals surface area contributed by atoms with Crippen LogP contribution < -0.4 is 11.1 Å². The van der Waals surface area contributed by atoms with Crippen LogP contribution in [0.4, 0.5) is 5.69 Å². The lowest BCUT2D eigenvalue weighted by Gasteiger charge is -2.30. The van der Waals surface area contributed by atoms with Crippen molar-refractivity contribution in [3.8, 4) is 0 Å². The molecule has 5 heteroatoms. The lowest BCUT2D eigenvalue weighted by molar-refractivity contribution is -0.117. The number of rotatable bonds is 4. The fourth-order valence-electron chi connectivity index (χ4n) is 2.53. The van der Waals surface area contributed by atoms with Crippen LogP contribution in [0.25, 0.3) is 0 Å². The van der Waals surface area contributed by atoms with E-state index in [0.29, 0.717) is 17.8 Å². The number of Topliss-reactive ketones (excluding diaryl/α,β-unsaturated/α-hetero) is 1. The van der Waals surface area contributed by atoms with E-state index in [2.05, 4.69) is 10.2 Å². The number of carbonyl (C=O) groups is 2. The van der Waals surface area contributed by atoms with Gasteiger partial charge >= 0.3 is 0 Å². The Morgan fingerprint density at radius 3 is 2.85 bits per heavy atom. The zero-order valence-electron chi connectivity index (χ0n) is 11.8. The minimum atomic E-state index is -0.104. The Balaban J connectivity index is 1.96. The third kappa shape index (κ3) is 3.88. The molecule has 1 aromatic rings. The number of piperidine rings is 1. The minimum absolute atomic E-state index is 0.0547. The molecule has 0 aliphatic carbocycles. The van der Waals surface area contributed by atoms with Gasteiger partial charge in [0.05, 0.1) is 12.2 Å². The lowest BCUT2D eigenvalue weighted by Crippen LogP contribution is -2.45. The SMILES string of the molecule is CC(=O)c1ccccc1NC(=O)CN1CCCC(N)C1. The standard InChI is InChI=1S/C15H21N3O2/c1-11(19)13-6-2-3-7-14(13)17-15(20)10-18-8-4-5-12(16)9-18/h2-3,6-7,12H,4-5,8-10,16H2,1H3,(H,17,20). The van der Waals surface area contributed by atoms with E-state index in [4.69, 9.17) is 5.73 Å². The first-order valence-corrected chi connectivity index (χ1v) is 6.94. The zero-order valence-corrected chi connectivity index (χ0v) is 11.8. The summed E-state index contributed by atoms with van der Waals surface area (Å²) in [6, 6.07) is 7.21. The Morgan fingerprint density at radius 2 is 2.15 bits per heavy atom.